The van der Waals surface area contributed by atoms with Crippen LogP contribution in [-0.4, -0.2) is 35.5 Å². The number of carbonyl (C=O) groups is 3. The van der Waals surface area contributed by atoms with E-state index in [1.165, 1.54) is 0 Å². The van der Waals surface area contributed by atoms with E-state index in [4.69, 9.17) is 0 Å². The van der Waals surface area contributed by atoms with E-state index in [2.05, 4.69) is 10.6 Å². The molecule has 6 nitrogen and oxygen atoms in total. The highest BCUT2D eigenvalue weighted by Gasteiger charge is 2.39. The zero-order valence-electron chi connectivity index (χ0n) is 11.7. The summed E-state index contributed by atoms with van der Waals surface area (Å²) in [4.78, 5) is 34.7. The van der Waals surface area contributed by atoms with Gasteiger partial charge >= 0.3 is 5.97 Å². The molecule has 0 aromatic rings. The van der Waals surface area contributed by atoms with Crippen molar-refractivity contribution in [3.05, 3.63) is 0 Å². The van der Waals surface area contributed by atoms with Crippen molar-refractivity contribution in [2.24, 2.45) is 11.3 Å². The number of piperidine rings is 1. The average molecular weight is 270 g/mol. The van der Waals surface area contributed by atoms with Gasteiger partial charge in [0, 0.05) is 13.0 Å². The molecular weight excluding hydrogens is 248 g/mol. The quantitative estimate of drug-likeness (QED) is 0.678. The van der Waals surface area contributed by atoms with E-state index in [1.54, 1.807) is 20.8 Å². The SMILES string of the molecule is CC(C)C(C)(CC(=O)NC1CCCNC1=O)C(=O)O. The number of carboxylic acids is 1. The highest BCUT2D eigenvalue weighted by atomic mass is 16.4. The molecule has 6 heteroatoms. The van der Waals surface area contributed by atoms with Crippen LogP contribution in [0.4, 0.5) is 0 Å². The molecule has 1 heterocycles. The van der Waals surface area contributed by atoms with Crippen LogP contribution in [0.3, 0.4) is 0 Å². The van der Waals surface area contributed by atoms with Gasteiger partial charge in [-0.25, -0.2) is 0 Å². The lowest BCUT2D eigenvalue weighted by atomic mass is 9.76. The van der Waals surface area contributed by atoms with E-state index in [0.717, 1.165) is 6.42 Å². The van der Waals surface area contributed by atoms with Crippen LogP contribution in [0.25, 0.3) is 0 Å². The van der Waals surface area contributed by atoms with Crippen molar-refractivity contribution in [1.29, 1.82) is 0 Å². The number of hydrogen-bond donors (Lipinski definition) is 3. The number of amides is 2. The van der Waals surface area contributed by atoms with E-state index in [9.17, 15) is 19.5 Å². The first kappa shape index (κ1) is 15.5. The molecule has 0 aromatic heterocycles. The summed E-state index contributed by atoms with van der Waals surface area (Å²) >= 11 is 0. The van der Waals surface area contributed by atoms with Gasteiger partial charge in [0.25, 0.3) is 0 Å². The van der Waals surface area contributed by atoms with Crippen LogP contribution in [0.2, 0.25) is 0 Å². The molecule has 1 aliphatic heterocycles. The van der Waals surface area contributed by atoms with Gasteiger partial charge < -0.3 is 15.7 Å². The largest absolute Gasteiger partial charge is 0.481 e. The van der Waals surface area contributed by atoms with Crippen LogP contribution in [0.1, 0.15) is 40.0 Å². The van der Waals surface area contributed by atoms with Crippen molar-refractivity contribution in [1.82, 2.24) is 10.6 Å². The van der Waals surface area contributed by atoms with Crippen molar-refractivity contribution in [2.45, 2.75) is 46.1 Å². The predicted molar refractivity (Wildman–Crippen MR) is 69.4 cm³/mol. The second kappa shape index (κ2) is 6.04. The molecule has 3 N–H and O–H groups in total. The van der Waals surface area contributed by atoms with Gasteiger partial charge in [-0.05, 0) is 25.7 Å². The van der Waals surface area contributed by atoms with Crippen LogP contribution in [0, 0.1) is 11.3 Å². The molecule has 0 bridgehead atoms. The monoisotopic (exact) mass is 270 g/mol. The molecule has 1 fully saturated rings. The van der Waals surface area contributed by atoms with Gasteiger partial charge in [-0.15, -0.1) is 0 Å². The van der Waals surface area contributed by atoms with Crippen molar-refractivity contribution < 1.29 is 19.5 Å². The van der Waals surface area contributed by atoms with Crippen LogP contribution >= 0.6 is 0 Å². The maximum absolute atomic E-state index is 11.9. The van der Waals surface area contributed by atoms with Crippen LogP contribution in [0.5, 0.6) is 0 Å². The highest BCUT2D eigenvalue weighted by Crippen LogP contribution is 2.31. The molecule has 1 saturated heterocycles. The Kier molecular flexibility index (Phi) is 4.91. The number of carboxylic acid groups (broad SMARTS) is 1. The Morgan fingerprint density at radius 3 is 2.63 bits per heavy atom. The molecule has 108 valence electrons. The first-order valence-corrected chi connectivity index (χ1v) is 6.58. The van der Waals surface area contributed by atoms with E-state index < -0.39 is 17.4 Å². The topological polar surface area (TPSA) is 95.5 Å². The summed E-state index contributed by atoms with van der Waals surface area (Å²) in [6, 6.07) is -0.536. The zero-order chi connectivity index (χ0) is 14.6. The van der Waals surface area contributed by atoms with Crippen LogP contribution < -0.4 is 10.6 Å². The third-order valence-electron chi connectivity index (χ3n) is 3.91. The predicted octanol–water partition coefficient (Wildman–Crippen LogP) is 0.518. The summed E-state index contributed by atoms with van der Waals surface area (Å²) in [6.07, 6.45) is 1.30. The average Bonchev–Trinajstić information content (AvgIpc) is 2.31. The number of hydrogen-bond acceptors (Lipinski definition) is 3. The standard InChI is InChI=1S/C13H22N2O4/c1-8(2)13(3,12(18)19)7-10(16)15-9-5-4-6-14-11(9)17/h8-9H,4-7H2,1-3H3,(H,14,17)(H,15,16)(H,18,19). The minimum absolute atomic E-state index is 0.121. The molecule has 2 atom stereocenters. The minimum atomic E-state index is -1.12. The second-order valence-electron chi connectivity index (χ2n) is 5.61. The smallest absolute Gasteiger partial charge is 0.310 e. The van der Waals surface area contributed by atoms with Crippen LogP contribution in [-0.2, 0) is 14.4 Å². The Morgan fingerprint density at radius 2 is 2.16 bits per heavy atom. The summed E-state index contributed by atoms with van der Waals surface area (Å²) in [6.45, 7) is 5.73. The lowest BCUT2D eigenvalue weighted by Gasteiger charge is -2.30. The maximum Gasteiger partial charge on any atom is 0.310 e. The van der Waals surface area contributed by atoms with E-state index in [1.807, 2.05) is 0 Å². The fraction of sp³-hybridized carbons (Fsp3) is 0.769. The molecule has 2 unspecified atom stereocenters. The number of rotatable bonds is 5. The summed E-state index contributed by atoms with van der Waals surface area (Å²) in [5.41, 5.74) is -1.12. The molecule has 0 aromatic carbocycles. The molecule has 0 saturated carbocycles. The normalized spacial score (nSPS) is 22.5. The molecular formula is C13H22N2O4. The number of nitrogens with one attached hydrogen (secondary N) is 2. The van der Waals surface area contributed by atoms with Gasteiger partial charge in [-0.3, -0.25) is 14.4 Å². The summed E-state index contributed by atoms with van der Waals surface area (Å²) in [5, 5.41) is 14.5. The molecule has 1 aliphatic rings. The Labute approximate surface area is 112 Å². The fourth-order valence-electron chi connectivity index (χ4n) is 2.02. The van der Waals surface area contributed by atoms with E-state index in [-0.39, 0.29) is 24.2 Å². The van der Waals surface area contributed by atoms with Crippen molar-refractivity contribution in [3.63, 3.8) is 0 Å². The Balaban J connectivity index is 2.63. The van der Waals surface area contributed by atoms with Gasteiger partial charge in [0.2, 0.25) is 11.8 Å². The molecule has 0 aliphatic carbocycles. The zero-order valence-corrected chi connectivity index (χ0v) is 11.7. The van der Waals surface area contributed by atoms with Gasteiger partial charge in [0.1, 0.15) is 6.04 Å². The van der Waals surface area contributed by atoms with Crippen molar-refractivity contribution >= 4 is 17.8 Å². The van der Waals surface area contributed by atoms with Crippen molar-refractivity contribution in [3.8, 4) is 0 Å². The summed E-state index contributed by atoms with van der Waals surface area (Å²) in [5.74, 6) is -1.75. The number of carbonyl (C=O) groups excluding carboxylic acids is 2. The van der Waals surface area contributed by atoms with Gasteiger partial charge in [0.05, 0.1) is 5.41 Å². The van der Waals surface area contributed by atoms with E-state index >= 15 is 0 Å². The number of aliphatic carboxylic acids is 1. The lowest BCUT2D eigenvalue weighted by Crippen LogP contribution is -2.51. The van der Waals surface area contributed by atoms with Gasteiger partial charge in [-0.2, -0.15) is 0 Å². The molecule has 2 amide bonds. The minimum Gasteiger partial charge on any atom is -0.481 e. The molecule has 0 radical (unpaired) electrons. The fourth-order valence-corrected chi connectivity index (χ4v) is 2.02. The molecule has 19 heavy (non-hydrogen) atoms. The van der Waals surface area contributed by atoms with Crippen LogP contribution in [0.15, 0.2) is 0 Å². The summed E-state index contributed by atoms with van der Waals surface area (Å²) in [7, 11) is 0. The Morgan fingerprint density at radius 1 is 1.53 bits per heavy atom. The molecule has 0 spiro atoms. The third kappa shape index (κ3) is 3.68. The summed E-state index contributed by atoms with van der Waals surface area (Å²) < 4.78 is 0. The van der Waals surface area contributed by atoms with E-state index in [0.29, 0.717) is 13.0 Å². The lowest BCUT2D eigenvalue weighted by molar-refractivity contribution is -0.153. The van der Waals surface area contributed by atoms with Gasteiger partial charge in [-0.1, -0.05) is 13.8 Å². The highest BCUT2D eigenvalue weighted by molar-refractivity contribution is 5.90. The Hall–Kier alpha value is -1.59. The maximum atomic E-state index is 11.9. The Bertz CT molecular complexity index is 381. The van der Waals surface area contributed by atoms with Gasteiger partial charge in [0.15, 0.2) is 0 Å². The first-order chi connectivity index (χ1) is 8.77. The third-order valence-corrected chi connectivity index (χ3v) is 3.91. The second-order valence-corrected chi connectivity index (χ2v) is 5.61. The van der Waals surface area contributed by atoms with Crippen molar-refractivity contribution in [2.75, 3.05) is 6.54 Å². The molecule has 1 rings (SSSR count). The first-order valence-electron chi connectivity index (χ1n) is 6.58.